The average molecular weight is 332 g/mol. The summed E-state index contributed by atoms with van der Waals surface area (Å²) >= 11 is 1.42. The van der Waals surface area contributed by atoms with Gasteiger partial charge in [-0.15, -0.1) is 11.3 Å². The number of nitrogens with zero attached hydrogens (tertiary/aromatic N) is 1. The number of aryl methyl sites for hydroxylation is 1. The largest absolute Gasteiger partial charge is 0.478 e. The molecule has 1 amide bonds. The number of rotatable bonds is 4. The van der Waals surface area contributed by atoms with E-state index in [9.17, 15) is 9.59 Å². The fourth-order valence-electron chi connectivity index (χ4n) is 2.49. The van der Waals surface area contributed by atoms with Crippen molar-refractivity contribution in [3.63, 3.8) is 0 Å². The molecule has 120 valence electrons. The third kappa shape index (κ3) is 3.40. The van der Waals surface area contributed by atoms with Crippen molar-refractivity contribution in [1.82, 2.24) is 4.98 Å². The van der Waals surface area contributed by atoms with E-state index in [1.165, 1.54) is 17.4 Å². The molecule has 0 spiro atoms. The van der Waals surface area contributed by atoms with Crippen molar-refractivity contribution in [2.75, 3.05) is 11.9 Å². The SMILES string of the molecule is Cc1cc(NC(=O)c2csc([C@@H]3CCCO3)n2)ccc1C(=O)O. The smallest absolute Gasteiger partial charge is 0.335 e. The monoisotopic (exact) mass is 332 g/mol. The number of carboxylic acid groups (broad SMARTS) is 1. The number of hydrogen-bond donors (Lipinski definition) is 2. The van der Waals surface area contributed by atoms with E-state index in [1.807, 2.05) is 0 Å². The van der Waals surface area contributed by atoms with Crippen LogP contribution in [0.1, 0.15) is 50.4 Å². The number of thiazole rings is 1. The number of amides is 1. The second kappa shape index (κ2) is 6.47. The second-order valence-corrected chi connectivity index (χ2v) is 6.25. The van der Waals surface area contributed by atoms with Crippen LogP contribution in [0.25, 0.3) is 0 Å². The predicted molar refractivity (Wildman–Crippen MR) is 86.1 cm³/mol. The van der Waals surface area contributed by atoms with Crippen molar-refractivity contribution in [2.24, 2.45) is 0 Å². The van der Waals surface area contributed by atoms with Crippen LogP contribution in [0.15, 0.2) is 23.6 Å². The third-order valence-electron chi connectivity index (χ3n) is 3.67. The lowest BCUT2D eigenvalue weighted by Gasteiger charge is -2.07. The lowest BCUT2D eigenvalue weighted by Crippen LogP contribution is -2.13. The number of anilines is 1. The van der Waals surface area contributed by atoms with Crippen molar-refractivity contribution in [1.29, 1.82) is 0 Å². The van der Waals surface area contributed by atoms with E-state index >= 15 is 0 Å². The summed E-state index contributed by atoms with van der Waals surface area (Å²) in [7, 11) is 0. The molecular formula is C16H16N2O4S. The molecule has 1 aliphatic rings. The number of aromatic carboxylic acids is 1. The Balaban J connectivity index is 1.71. The molecule has 2 N–H and O–H groups in total. The van der Waals surface area contributed by atoms with Gasteiger partial charge in [0.05, 0.1) is 5.56 Å². The molecule has 7 heteroatoms. The summed E-state index contributed by atoms with van der Waals surface area (Å²) < 4.78 is 5.56. The number of ether oxygens (including phenoxy) is 1. The van der Waals surface area contributed by atoms with Crippen LogP contribution in [0.5, 0.6) is 0 Å². The van der Waals surface area contributed by atoms with Crippen LogP contribution in [0.4, 0.5) is 5.69 Å². The van der Waals surface area contributed by atoms with Gasteiger partial charge in [-0.05, 0) is 43.5 Å². The highest BCUT2D eigenvalue weighted by molar-refractivity contribution is 7.09. The molecule has 1 aromatic heterocycles. The van der Waals surface area contributed by atoms with E-state index < -0.39 is 5.97 Å². The van der Waals surface area contributed by atoms with Crippen molar-refractivity contribution >= 4 is 28.9 Å². The molecule has 2 aromatic rings. The maximum atomic E-state index is 12.2. The number of carboxylic acids is 1. The Morgan fingerprint density at radius 1 is 1.43 bits per heavy atom. The first-order valence-corrected chi connectivity index (χ1v) is 8.15. The van der Waals surface area contributed by atoms with Crippen molar-refractivity contribution in [2.45, 2.75) is 25.9 Å². The molecule has 2 heterocycles. The van der Waals surface area contributed by atoms with Crippen LogP contribution in [0.3, 0.4) is 0 Å². The molecule has 1 aliphatic heterocycles. The van der Waals surface area contributed by atoms with Crippen LogP contribution in [0.2, 0.25) is 0 Å². The Labute approximate surface area is 137 Å². The van der Waals surface area contributed by atoms with Crippen molar-refractivity contribution in [3.05, 3.63) is 45.4 Å². The van der Waals surface area contributed by atoms with Gasteiger partial charge in [0.25, 0.3) is 5.91 Å². The number of hydrogen-bond acceptors (Lipinski definition) is 5. The molecule has 23 heavy (non-hydrogen) atoms. The number of benzene rings is 1. The van der Waals surface area contributed by atoms with Crippen LogP contribution in [-0.4, -0.2) is 28.6 Å². The molecule has 1 aromatic carbocycles. The minimum Gasteiger partial charge on any atom is -0.478 e. The molecule has 0 aliphatic carbocycles. The van der Waals surface area contributed by atoms with Gasteiger partial charge in [-0.2, -0.15) is 0 Å². The van der Waals surface area contributed by atoms with Crippen LogP contribution < -0.4 is 5.32 Å². The quantitative estimate of drug-likeness (QED) is 0.897. The highest BCUT2D eigenvalue weighted by Crippen LogP contribution is 2.30. The first-order valence-electron chi connectivity index (χ1n) is 7.27. The van der Waals surface area contributed by atoms with E-state index in [0.29, 0.717) is 16.9 Å². The van der Waals surface area contributed by atoms with E-state index in [1.54, 1.807) is 24.4 Å². The van der Waals surface area contributed by atoms with Gasteiger partial charge in [-0.1, -0.05) is 0 Å². The summed E-state index contributed by atoms with van der Waals surface area (Å²) in [6.45, 7) is 2.43. The maximum Gasteiger partial charge on any atom is 0.335 e. The molecule has 1 fully saturated rings. The van der Waals surface area contributed by atoms with E-state index in [0.717, 1.165) is 24.5 Å². The highest BCUT2D eigenvalue weighted by atomic mass is 32.1. The highest BCUT2D eigenvalue weighted by Gasteiger charge is 2.22. The maximum absolute atomic E-state index is 12.2. The summed E-state index contributed by atoms with van der Waals surface area (Å²) in [6.07, 6.45) is 1.95. The second-order valence-electron chi connectivity index (χ2n) is 5.36. The van der Waals surface area contributed by atoms with E-state index in [-0.39, 0.29) is 17.6 Å². The average Bonchev–Trinajstić information content (AvgIpc) is 3.18. The van der Waals surface area contributed by atoms with Gasteiger partial charge in [0.2, 0.25) is 0 Å². The lowest BCUT2D eigenvalue weighted by molar-refractivity contribution is 0.0696. The predicted octanol–water partition coefficient (Wildman–Crippen LogP) is 3.25. The standard InChI is InChI=1S/C16H16N2O4S/c1-9-7-10(4-5-11(9)16(20)21)17-14(19)12-8-23-15(18-12)13-3-2-6-22-13/h4-5,7-8,13H,2-3,6H2,1H3,(H,17,19)(H,20,21)/t13-/m0/s1. The van der Waals surface area contributed by atoms with Gasteiger partial charge in [0, 0.05) is 17.7 Å². The van der Waals surface area contributed by atoms with E-state index in [4.69, 9.17) is 9.84 Å². The fraction of sp³-hybridized carbons (Fsp3) is 0.312. The summed E-state index contributed by atoms with van der Waals surface area (Å²) in [4.78, 5) is 27.6. The third-order valence-corrected chi connectivity index (χ3v) is 4.61. The van der Waals surface area contributed by atoms with Crippen LogP contribution >= 0.6 is 11.3 Å². The zero-order valence-electron chi connectivity index (χ0n) is 12.5. The van der Waals surface area contributed by atoms with Crippen molar-refractivity contribution in [3.8, 4) is 0 Å². The minimum absolute atomic E-state index is 0.00126. The van der Waals surface area contributed by atoms with Gasteiger partial charge in [-0.3, -0.25) is 4.79 Å². The van der Waals surface area contributed by atoms with Gasteiger partial charge in [-0.25, -0.2) is 9.78 Å². The van der Waals surface area contributed by atoms with Crippen LogP contribution in [0, 0.1) is 6.92 Å². The fourth-order valence-corrected chi connectivity index (χ4v) is 3.37. The number of carbonyl (C=O) groups is 2. The summed E-state index contributed by atoms with van der Waals surface area (Å²) in [5.41, 5.74) is 1.70. The number of carbonyl (C=O) groups excluding carboxylic acids is 1. The number of nitrogens with one attached hydrogen (secondary N) is 1. The molecule has 0 unspecified atom stereocenters. The molecule has 1 atom stereocenters. The first-order chi connectivity index (χ1) is 11.0. The summed E-state index contributed by atoms with van der Waals surface area (Å²) in [5.74, 6) is -1.30. The molecule has 6 nitrogen and oxygen atoms in total. The Hall–Kier alpha value is -2.25. The Bertz CT molecular complexity index is 750. The zero-order valence-corrected chi connectivity index (χ0v) is 13.4. The molecule has 0 saturated carbocycles. The normalized spacial score (nSPS) is 17.2. The summed E-state index contributed by atoms with van der Waals surface area (Å²) in [5, 5.41) is 14.3. The van der Waals surface area contributed by atoms with Gasteiger partial charge >= 0.3 is 5.97 Å². The zero-order chi connectivity index (χ0) is 16.4. The van der Waals surface area contributed by atoms with Crippen molar-refractivity contribution < 1.29 is 19.4 Å². The van der Waals surface area contributed by atoms with E-state index in [2.05, 4.69) is 10.3 Å². The molecular weight excluding hydrogens is 316 g/mol. The number of aromatic nitrogens is 1. The first kappa shape index (κ1) is 15.6. The Morgan fingerprint density at radius 2 is 2.26 bits per heavy atom. The Kier molecular flexibility index (Phi) is 4.40. The molecule has 1 saturated heterocycles. The minimum atomic E-state index is -0.985. The van der Waals surface area contributed by atoms with Gasteiger partial charge < -0.3 is 15.2 Å². The molecule has 3 rings (SSSR count). The lowest BCUT2D eigenvalue weighted by atomic mass is 10.1. The van der Waals surface area contributed by atoms with Gasteiger partial charge in [0.1, 0.15) is 16.8 Å². The molecule has 0 bridgehead atoms. The summed E-state index contributed by atoms with van der Waals surface area (Å²) in [6, 6.07) is 4.68. The topological polar surface area (TPSA) is 88.5 Å². The van der Waals surface area contributed by atoms with Crippen LogP contribution in [-0.2, 0) is 4.74 Å². The Morgan fingerprint density at radius 3 is 2.91 bits per heavy atom. The molecule has 0 radical (unpaired) electrons. The van der Waals surface area contributed by atoms with Gasteiger partial charge in [0.15, 0.2) is 0 Å².